The predicted octanol–water partition coefficient (Wildman–Crippen LogP) is 9.28. The number of nitrogens with zero attached hydrogens (tertiary/aromatic N) is 1. The third-order valence-corrected chi connectivity index (χ3v) is 6.48. The average Bonchev–Trinajstić information content (AvgIpc) is 2.88. The standard InChI is InChI=1S/C33H25N/c1-24-14-20-27(21-15-24)34(32-13-7-12-31-29-10-5-6-11-30(29)33(31)32)28-22-18-26(19-23-28)17-16-25-8-3-2-4-9-25/h2-23H,1H3. The maximum atomic E-state index is 2.37. The quantitative estimate of drug-likeness (QED) is 0.244. The third kappa shape index (κ3) is 3.62. The van der Waals surface area contributed by atoms with Gasteiger partial charge in [0.15, 0.2) is 0 Å². The molecule has 1 aliphatic carbocycles. The molecule has 0 N–H and O–H groups in total. The lowest BCUT2D eigenvalue weighted by Gasteiger charge is -2.33. The van der Waals surface area contributed by atoms with E-state index in [1.165, 1.54) is 44.6 Å². The molecule has 0 saturated carbocycles. The molecule has 1 nitrogen and oxygen atoms in total. The van der Waals surface area contributed by atoms with Gasteiger partial charge in [-0.05, 0) is 65.1 Å². The van der Waals surface area contributed by atoms with Gasteiger partial charge in [0, 0.05) is 16.9 Å². The Bertz CT molecular complexity index is 1480. The third-order valence-electron chi connectivity index (χ3n) is 6.48. The number of benzene rings is 5. The van der Waals surface area contributed by atoms with E-state index in [2.05, 4.69) is 139 Å². The van der Waals surface area contributed by atoms with Gasteiger partial charge in [-0.1, -0.05) is 109 Å². The van der Waals surface area contributed by atoms with E-state index < -0.39 is 0 Å². The largest absolute Gasteiger partial charge is 0.310 e. The molecule has 1 heteroatoms. The zero-order chi connectivity index (χ0) is 22.9. The van der Waals surface area contributed by atoms with Gasteiger partial charge >= 0.3 is 0 Å². The van der Waals surface area contributed by atoms with Crippen LogP contribution >= 0.6 is 0 Å². The van der Waals surface area contributed by atoms with E-state index in [4.69, 9.17) is 0 Å². The van der Waals surface area contributed by atoms with Crippen LogP contribution < -0.4 is 4.90 Å². The van der Waals surface area contributed by atoms with Gasteiger partial charge in [0.2, 0.25) is 0 Å². The first-order valence-electron chi connectivity index (χ1n) is 11.7. The molecule has 0 aromatic heterocycles. The number of aryl methyl sites for hydroxylation is 1. The molecule has 162 valence electrons. The van der Waals surface area contributed by atoms with Crippen LogP contribution in [0.25, 0.3) is 34.4 Å². The SMILES string of the molecule is Cc1ccc(N(c2ccc(C=Cc3ccccc3)cc2)c2cccc3c2-c2ccccc2-3)cc1. The molecule has 5 aromatic carbocycles. The van der Waals surface area contributed by atoms with Crippen LogP contribution in [0, 0.1) is 6.92 Å². The lowest BCUT2D eigenvalue weighted by atomic mass is 9.79. The van der Waals surface area contributed by atoms with Gasteiger partial charge in [0.05, 0.1) is 5.69 Å². The lowest BCUT2D eigenvalue weighted by molar-refractivity contribution is 1.27. The van der Waals surface area contributed by atoms with Crippen LogP contribution in [0.15, 0.2) is 121 Å². The summed E-state index contributed by atoms with van der Waals surface area (Å²) >= 11 is 0. The molecule has 1 aliphatic rings. The summed E-state index contributed by atoms with van der Waals surface area (Å²) in [6.45, 7) is 2.13. The second-order valence-corrected chi connectivity index (χ2v) is 8.75. The molecule has 6 rings (SSSR count). The predicted molar refractivity (Wildman–Crippen MR) is 146 cm³/mol. The van der Waals surface area contributed by atoms with Gasteiger partial charge in [0.25, 0.3) is 0 Å². The molecule has 0 fully saturated rings. The van der Waals surface area contributed by atoms with Gasteiger partial charge in [-0.25, -0.2) is 0 Å². The molecular formula is C33H25N. The highest BCUT2D eigenvalue weighted by Crippen LogP contribution is 2.53. The summed E-state index contributed by atoms with van der Waals surface area (Å²) in [5.41, 5.74) is 12.5. The number of rotatable bonds is 5. The summed E-state index contributed by atoms with van der Waals surface area (Å²) < 4.78 is 0. The van der Waals surface area contributed by atoms with E-state index in [1.54, 1.807) is 0 Å². The molecule has 34 heavy (non-hydrogen) atoms. The number of hydrogen-bond acceptors (Lipinski definition) is 1. The number of hydrogen-bond donors (Lipinski definition) is 0. The van der Waals surface area contributed by atoms with E-state index >= 15 is 0 Å². The Kier molecular flexibility index (Phi) is 5.08. The molecule has 0 heterocycles. The van der Waals surface area contributed by atoms with E-state index in [1.807, 2.05) is 6.07 Å². The summed E-state index contributed by atoms with van der Waals surface area (Å²) in [7, 11) is 0. The maximum absolute atomic E-state index is 2.37. The fourth-order valence-corrected chi connectivity index (χ4v) is 4.72. The first-order valence-corrected chi connectivity index (χ1v) is 11.7. The molecule has 5 aromatic rings. The van der Waals surface area contributed by atoms with Crippen LogP contribution in [0.5, 0.6) is 0 Å². The molecule has 0 amide bonds. The minimum atomic E-state index is 1.15. The second kappa shape index (κ2) is 8.53. The Balaban J connectivity index is 1.41. The molecule has 0 atom stereocenters. The van der Waals surface area contributed by atoms with E-state index in [0.29, 0.717) is 0 Å². The van der Waals surface area contributed by atoms with Crippen molar-refractivity contribution in [3.8, 4) is 22.3 Å². The average molecular weight is 436 g/mol. The Morgan fingerprint density at radius 3 is 1.74 bits per heavy atom. The second-order valence-electron chi connectivity index (χ2n) is 8.75. The maximum Gasteiger partial charge on any atom is 0.0546 e. The van der Waals surface area contributed by atoms with Crippen LogP contribution in [0.4, 0.5) is 17.1 Å². The fraction of sp³-hybridized carbons (Fsp3) is 0.0303. The van der Waals surface area contributed by atoms with Crippen LogP contribution in [-0.4, -0.2) is 0 Å². The smallest absolute Gasteiger partial charge is 0.0546 e. The Morgan fingerprint density at radius 2 is 1.03 bits per heavy atom. The Morgan fingerprint density at radius 1 is 0.471 bits per heavy atom. The van der Waals surface area contributed by atoms with E-state index in [-0.39, 0.29) is 0 Å². The van der Waals surface area contributed by atoms with Crippen molar-refractivity contribution >= 4 is 29.2 Å². The van der Waals surface area contributed by atoms with Crippen LogP contribution in [-0.2, 0) is 0 Å². The van der Waals surface area contributed by atoms with Crippen molar-refractivity contribution in [1.29, 1.82) is 0 Å². The summed E-state index contributed by atoms with van der Waals surface area (Å²) in [5, 5.41) is 0. The summed E-state index contributed by atoms with van der Waals surface area (Å²) in [5.74, 6) is 0. The van der Waals surface area contributed by atoms with Crippen molar-refractivity contribution in [2.75, 3.05) is 4.90 Å². The van der Waals surface area contributed by atoms with Gasteiger partial charge in [-0.2, -0.15) is 0 Å². The first-order chi connectivity index (χ1) is 16.8. The number of fused-ring (bicyclic) bond motifs is 4. The van der Waals surface area contributed by atoms with Crippen molar-refractivity contribution in [3.63, 3.8) is 0 Å². The fourth-order valence-electron chi connectivity index (χ4n) is 4.72. The highest BCUT2D eigenvalue weighted by atomic mass is 15.1. The van der Waals surface area contributed by atoms with Crippen molar-refractivity contribution in [2.45, 2.75) is 6.92 Å². The van der Waals surface area contributed by atoms with Gasteiger partial charge in [-0.3, -0.25) is 0 Å². The van der Waals surface area contributed by atoms with E-state index in [9.17, 15) is 0 Å². The van der Waals surface area contributed by atoms with Crippen LogP contribution in [0.1, 0.15) is 16.7 Å². The minimum absolute atomic E-state index is 1.15. The number of anilines is 3. The normalized spacial score (nSPS) is 11.6. The van der Waals surface area contributed by atoms with Crippen molar-refractivity contribution in [1.82, 2.24) is 0 Å². The highest BCUT2D eigenvalue weighted by Gasteiger charge is 2.27. The summed E-state index contributed by atoms with van der Waals surface area (Å²) in [6, 6.07) is 43.3. The van der Waals surface area contributed by atoms with Crippen molar-refractivity contribution < 1.29 is 0 Å². The molecular weight excluding hydrogens is 410 g/mol. The van der Waals surface area contributed by atoms with Crippen LogP contribution in [0.2, 0.25) is 0 Å². The summed E-state index contributed by atoms with van der Waals surface area (Å²) in [6.07, 6.45) is 4.32. The molecule has 0 spiro atoms. The molecule has 0 bridgehead atoms. The van der Waals surface area contributed by atoms with Gasteiger partial charge < -0.3 is 4.90 Å². The summed E-state index contributed by atoms with van der Waals surface area (Å²) in [4.78, 5) is 2.37. The van der Waals surface area contributed by atoms with Gasteiger partial charge in [0.1, 0.15) is 0 Å². The topological polar surface area (TPSA) is 3.24 Å². The molecule has 0 saturated heterocycles. The van der Waals surface area contributed by atoms with E-state index in [0.717, 1.165) is 11.4 Å². The molecule has 0 aliphatic heterocycles. The first kappa shape index (κ1) is 20.3. The Hall–Kier alpha value is -4.36. The Labute approximate surface area is 201 Å². The highest BCUT2D eigenvalue weighted by molar-refractivity contribution is 6.09. The van der Waals surface area contributed by atoms with Gasteiger partial charge in [-0.15, -0.1) is 0 Å². The minimum Gasteiger partial charge on any atom is -0.310 e. The van der Waals surface area contributed by atoms with Crippen molar-refractivity contribution in [3.05, 3.63) is 138 Å². The molecule has 0 radical (unpaired) electrons. The zero-order valence-electron chi connectivity index (χ0n) is 19.1. The monoisotopic (exact) mass is 435 g/mol. The zero-order valence-corrected chi connectivity index (χ0v) is 19.1. The lowest BCUT2D eigenvalue weighted by Crippen LogP contribution is -2.13. The van der Waals surface area contributed by atoms with Crippen LogP contribution in [0.3, 0.4) is 0 Å². The van der Waals surface area contributed by atoms with Crippen molar-refractivity contribution in [2.24, 2.45) is 0 Å². The molecule has 0 unspecified atom stereocenters.